The molecule has 1 amide bonds. The van der Waals surface area contributed by atoms with Gasteiger partial charge in [-0.2, -0.15) is 0 Å². The van der Waals surface area contributed by atoms with Crippen molar-refractivity contribution in [2.45, 2.75) is 24.3 Å². The molecule has 3 aromatic rings. The third-order valence-electron chi connectivity index (χ3n) is 5.13. The van der Waals surface area contributed by atoms with Gasteiger partial charge in [0.25, 0.3) is 0 Å². The van der Waals surface area contributed by atoms with Gasteiger partial charge in [0.05, 0.1) is 16.2 Å². The predicted octanol–water partition coefficient (Wildman–Crippen LogP) is 2.01. The molecule has 2 aromatic heterocycles. The fraction of sp³-hybridized carbons (Fsp3) is 0.316. The number of nitrogens with zero attached hydrogens (tertiary/aromatic N) is 3. The summed E-state index contributed by atoms with van der Waals surface area (Å²) in [6, 6.07) is 5.25. The lowest BCUT2D eigenvalue weighted by molar-refractivity contribution is -0.125. The summed E-state index contributed by atoms with van der Waals surface area (Å²) in [5.41, 5.74) is 0.0679. The maximum Gasteiger partial charge on any atom is 0.238 e. The molecular weight excluding hydrogens is 429 g/mol. The topological polar surface area (TPSA) is 118 Å². The molecule has 1 aromatic carbocycles. The molecule has 1 atom stereocenters. The molecular formula is C19H20FN5O3S2. The number of hydrogen-bond acceptors (Lipinski definition) is 7. The van der Waals surface area contributed by atoms with E-state index in [0.717, 1.165) is 47.2 Å². The van der Waals surface area contributed by atoms with Crippen LogP contribution in [0, 0.1) is 11.7 Å². The number of amides is 1. The zero-order chi connectivity index (χ0) is 21.3. The lowest BCUT2D eigenvalue weighted by Gasteiger charge is -2.33. The third kappa shape index (κ3) is 4.27. The number of rotatable bonds is 5. The molecule has 1 unspecified atom stereocenters. The maximum atomic E-state index is 14.0. The zero-order valence-electron chi connectivity index (χ0n) is 15.9. The number of benzene rings is 1. The minimum Gasteiger partial charge on any atom is -0.355 e. The zero-order valence-corrected chi connectivity index (χ0v) is 17.5. The van der Waals surface area contributed by atoms with Crippen molar-refractivity contribution >= 4 is 43.3 Å². The number of sulfonamides is 1. The standard InChI is InChI=1S/C19H20FN5O3S2/c20-16-4-3-14(30(21,27)28)8-13(16)9-22-18(26)12-2-1-6-25(10-12)17-15-5-7-29-19(15)24-11-23-17/h3-5,7-8,11-12H,1-2,6,9-10H2,(H,22,26)(H2,21,27,28). The lowest BCUT2D eigenvalue weighted by Crippen LogP contribution is -2.43. The summed E-state index contributed by atoms with van der Waals surface area (Å²) < 4.78 is 37.0. The quantitative estimate of drug-likeness (QED) is 0.615. The number of carbonyl (C=O) groups excluding carboxylic acids is 1. The number of anilines is 1. The van der Waals surface area contributed by atoms with E-state index in [0.29, 0.717) is 13.0 Å². The van der Waals surface area contributed by atoms with E-state index in [1.54, 1.807) is 0 Å². The normalized spacial score (nSPS) is 17.3. The second-order valence-electron chi connectivity index (χ2n) is 7.14. The molecule has 158 valence electrons. The molecule has 8 nitrogen and oxygen atoms in total. The van der Waals surface area contributed by atoms with E-state index in [1.807, 2.05) is 11.4 Å². The second kappa shape index (κ2) is 8.25. The van der Waals surface area contributed by atoms with Crippen LogP contribution in [-0.4, -0.2) is 37.4 Å². The Morgan fingerprint density at radius 1 is 1.33 bits per heavy atom. The van der Waals surface area contributed by atoms with E-state index < -0.39 is 15.8 Å². The number of halogens is 1. The van der Waals surface area contributed by atoms with Gasteiger partial charge >= 0.3 is 0 Å². The smallest absolute Gasteiger partial charge is 0.238 e. The Hall–Kier alpha value is -2.63. The van der Waals surface area contributed by atoms with Crippen molar-refractivity contribution in [2.24, 2.45) is 11.1 Å². The molecule has 0 saturated carbocycles. The summed E-state index contributed by atoms with van der Waals surface area (Å²) in [5.74, 6) is -0.290. The Balaban J connectivity index is 1.45. The number of piperidine rings is 1. The number of aromatic nitrogens is 2. The highest BCUT2D eigenvalue weighted by Gasteiger charge is 2.27. The van der Waals surface area contributed by atoms with E-state index >= 15 is 0 Å². The van der Waals surface area contributed by atoms with Gasteiger partial charge in [-0.15, -0.1) is 11.3 Å². The third-order valence-corrected chi connectivity index (χ3v) is 6.86. The number of thiophene rings is 1. The molecule has 1 saturated heterocycles. The summed E-state index contributed by atoms with van der Waals surface area (Å²) in [6.45, 7) is 1.16. The molecule has 1 aliphatic heterocycles. The number of hydrogen-bond donors (Lipinski definition) is 2. The fourth-order valence-corrected chi connectivity index (χ4v) is 4.89. The molecule has 1 aliphatic rings. The first-order valence-corrected chi connectivity index (χ1v) is 11.8. The highest BCUT2D eigenvalue weighted by atomic mass is 32.2. The van der Waals surface area contributed by atoms with Crippen LogP contribution in [0.15, 0.2) is 40.9 Å². The first-order chi connectivity index (χ1) is 14.3. The van der Waals surface area contributed by atoms with Crippen LogP contribution < -0.4 is 15.4 Å². The summed E-state index contributed by atoms with van der Waals surface area (Å²) in [5, 5.41) is 10.7. The predicted molar refractivity (Wildman–Crippen MR) is 112 cm³/mol. The van der Waals surface area contributed by atoms with Crippen molar-refractivity contribution in [2.75, 3.05) is 18.0 Å². The molecule has 0 aliphatic carbocycles. The molecule has 3 heterocycles. The Kier molecular flexibility index (Phi) is 5.67. The second-order valence-corrected chi connectivity index (χ2v) is 9.59. The molecule has 1 fully saturated rings. The number of nitrogens with two attached hydrogens (primary N) is 1. The summed E-state index contributed by atoms with van der Waals surface area (Å²) in [6.07, 6.45) is 3.06. The van der Waals surface area contributed by atoms with E-state index in [-0.39, 0.29) is 28.8 Å². The van der Waals surface area contributed by atoms with Crippen LogP contribution >= 0.6 is 11.3 Å². The van der Waals surface area contributed by atoms with E-state index in [4.69, 9.17) is 5.14 Å². The Bertz CT molecular complexity index is 1200. The average molecular weight is 450 g/mol. The molecule has 11 heteroatoms. The number of primary sulfonamides is 1. The van der Waals surface area contributed by atoms with E-state index in [9.17, 15) is 17.6 Å². The Labute approximate surface area is 177 Å². The van der Waals surface area contributed by atoms with Gasteiger partial charge < -0.3 is 10.2 Å². The fourth-order valence-electron chi connectivity index (χ4n) is 3.60. The van der Waals surface area contributed by atoms with Crippen LogP contribution in [0.25, 0.3) is 10.2 Å². The maximum absolute atomic E-state index is 14.0. The van der Waals surface area contributed by atoms with E-state index in [2.05, 4.69) is 20.2 Å². The highest BCUT2D eigenvalue weighted by molar-refractivity contribution is 7.89. The van der Waals surface area contributed by atoms with Crippen LogP contribution in [0.2, 0.25) is 0 Å². The van der Waals surface area contributed by atoms with Gasteiger partial charge in [0.2, 0.25) is 15.9 Å². The van der Waals surface area contributed by atoms with Crippen molar-refractivity contribution in [3.8, 4) is 0 Å². The highest BCUT2D eigenvalue weighted by Crippen LogP contribution is 2.30. The van der Waals surface area contributed by atoms with Crippen LogP contribution in [-0.2, 0) is 21.4 Å². The SMILES string of the molecule is NS(=O)(=O)c1ccc(F)c(CNC(=O)C2CCCN(c3ncnc4sccc34)C2)c1. The van der Waals surface area contributed by atoms with Gasteiger partial charge in [-0.05, 0) is 42.5 Å². The average Bonchev–Trinajstić information content (AvgIpc) is 3.21. The number of carbonyl (C=O) groups is 1. The van der Waals surface area contributed by atoms with Gasteiger partial charge in [0.1, 0.15) is 22.8 Å². The molecule has 30 heavy (non-hydrogen) atoms. The van der Waals surface area contributed by atoms with Crippen LogP contribution in [0.5, 0.6) is 0 Å². The minimum absolute atomic E-state index is 0.0679. The summed E-state index contributed by atoms with van der Waals surface area (Å²) in [4.78, 5) is 24.2. The molecule has 4 rings (SSSR count). The summed E-state index contributed by atoms with van der Waals surface area (Å²) >= 11 is 1.54. The Morgan fingerprint density at radius 3 is 2.97 bits per heavy atom. The van der Waals surface area contributed by atoms with E-state index in [1.165, 1.54) is 17.7 Å². The van der Waals surface area contributed by atoms with Gasteiger partial charge in [-0.1, -0.05) is 0 Å². The first-order valence-electron chi connectivity index (χ1n) is 9.35. The first kappa shape index (κ1) is 20.6. The van der Waals surface area contributed by atoms with Gasteiger partial charge in [-0.3, -0.25) is 4.79 Å². The van der Waals surface area contributed by atoms with Crippen LogP contribution in [0.1, 0.15) is 18.4 Å². The molecule has 0 spiro atoms. The minimum atomic E-state index is -3.95. The molecule has 3 N–H and O–H groups in total. The monoisotopic (exact) mass is 449 g/mol. The van der Waals surface area contributed by atoms with Gasteiger partial charge in [0.15, 0.2) is 0 Å². The van der Waals surface area contributed by atoms with Crippen molar-refractivity contribution < 1.29 is 17.6 Å². The van der Waals surface area contributed by atoms with Crippen LogP contribution in [0.3, 0.4) is 0 Å². The lowest BCUT2D eigenvalue weighted by atomic mass is 9.97. The largest absolute Gasteiger partial charge is 0.355 e. The van der Waals surface area contributed by atoms with Gasteiger partial charge in [-0.25, -0.2) is 27.9 Å². The summed E-state index contributed by atoms with van der Waals surface area (Å²) in [7, 11) is -3.95. The van der Waals surface area contributed by atoms with Crippen molar-refractivity contribution in [1.29, 1.82) is 0 Å². The Morgan fingerprint density at radius 2 is 2.17 bits per heavy atom. The molecule has 0 bridgehead atoms. The number of fused-ring (bicyclic) bond motifs is 1. The molecule has 0 radical (unpaired) electrons. The van der Waals surface area contributed by atoms with Gasteiger partial charge in [0, 0.05) is 25.2 Å². The van der Waals surface area contributed by atoms with Crippen molar-refractivity contribution in [3.05, 3.63) is 47.4 Å². The number of nitrogens with one attached hydrogen (secondary N) is 1. The van der Waals surface area contributed by atoms with Crippen molar-refractivity contribution in [3.63, 3.8) is 0 Å². The van der Waals surface area contributed by atoms with Crippen LogP contribution in [0.4, 0.5) is 10.2 Å². The van der Waals surface area contributed by atoms with Crippen molar-refractivity contribution in [1.82, 2.24) is 15.3 Å².